The molecular formula is C24H38N8O5. The van der Waals surface area contributed by atoms with Crippen molar-refractivity contribution in [1.29, 1.82) is 0 Å². The zero-order chi connectivity index (χ0) is 27.8. The normalized spacial score (nSPS) is 11.2. The quantitative estimate of drug-likeness (QED) is 0.329. The van der Waals surface area contributed by atoms with Gasteiger partial charge >= 0.3 is 6.09 Å². The first-order chi connectivity index (χ1) is 17.2. The van der Waals surface area contributed by atoms with E-state index in [1.54, 1.807) is 45.6 Å². The number of imidazole rings is 1. The van der Waals surface area contributed by atoms with Crippen LogP contribution in [0, 0.1) is 0 Å². The molecule has 2 rings (SSSR count). The summed E-state index contributed by atoms with van der Waals surface area (Å²) >= 11 is 0. The van der Waals surface area contributed by atoms with E-state index in [2.05, 4.69) is 26.3 Å². The number of amides is 4. The van der Waals surface area contributed by atoms with Gasteiger partial charge in [-0.1, -0.05) is 0 Å². The summed E-state index contributed by atoms with van der Waals surface area (Å²) in [5.41, 5.74) is 0.00397. The fraction of sp³-hybridized carbons (Fsp3) is 0.542. The highest BCUT2D eigenvalue weighted by molar-refractivity contribution is 6.04. The molecule has 2 aromatic heterocycles. The molecule has 0 aliphatic carbocycles. The van der Waals surface area contributed by atoms with E-state index < -0.39 is 23.5 Å². The molecule has 0 aromatic carbocycles. The van der Waals surface area contributed by atoms with Crippen molar-refractivity contribution in [2.45, 2.75) is 39.2 Å². The number of aryl methyl sites for hydroxylation is 2. The van der Waals surface area contributed by atoms with Crippen molar-refractivity contribution in [3.8, 4) is 0 Å². The highest BCUT2D eigenvalue weighted by Crippen LogP contribution is 2.17. The van der Waals surface area contributed by atoms with Crippen LogP contribution in [-0.4, -0.2) is 82.2 Å². The number of carbonyl (C=O) groups excluding carboxylic acids is 4. The van der Waals surface area contributed by atoms with Gasteiger partial charge in [-0.25, -0.2) is 9.78 Å². The Morgan fingerprint density at radius 1 is 0.973 bits per heavy atom. The smallest absolute Gasteiger partial charge is 0.412 e. The lowest BCUT2D eigenvalue weighted by molar-refractivity contribution is -0.120. The van der Waals surface area contributed by atoms with Crippen molar-refractivity contribution < 1.29 is 23.9 Å². The molecule has 0 aliphatic heterocycles. The van der Waals surface area contributed by atoms with Crippen LogP contribution in [0.5, 0.6) is 0 Å². The predicted molar refractivity (Wildman–Crippen MR) is 140 cm³/mol. The summed E-state index contributed by atoms with van der Waals surface area (Å²) < 4.78 is 8.25. The Labute approximate surface area is 216 Å². The second-order valence-electron chi connectivity index (χ2n) is 9.88. The molecule has 0 aliphatic rings. The first-order valence-electron chi connectivity index (χ1n) is 12.0. The predicted octanol–water partition coefficient (Wildman–Crippen LogP) is 1.55. The molecule has 0 atom stereocenters. The van der Waals surface area contributed by atoms with Gasteiger partial charge in [-0.15, -0.1) is 0 Å². The lowest BCUT2D eigenvalue weighted by Crippen LogP contribution is -2.32. The molecule has 0 saturated heterocycles. The van der Waals surface area contributed by atoms with Crippen LogP contribution in [0.15, 0.2) is 18.5 Å². The summed E-state index contributed by atoms with van der Waals surface area (Å²) in [6, 6.07) is 1.50. The first kappa shape index (κ1) is 29.4. The minimum Gasteiger partial charge on any atom is -0.444 e. The Hall–Kier alpha value is -3.87. The average molecular weight is 519 g/mol. The van der Waals surface area contributed by atoms with E-state index >= 15 is 0 Å². The van der Waals surface area contributed by atoms with Crippen molar-refractivity contribution in [1.82, 2.24) is 29.7 Å². The summed E-state index contributed by atoms with van der Waals surface area (Å²) in [5, 5.41) is 10.7. The Morgan fingerprint density at radius 2 is 1.68 bits per heavy atom. The van der Waals surface area contributed by atoms with Gasteiger partial charge in [-0.05, 0) is 53.9 Å². The van der Waals surface area contributed by atoms with Crippen LogP contribution in [0.1, 0.15) is 54.7 Å². The van der Waals surface area contributed by atoms with Crippen LogP contribution >= 0.6 is 0 Å². The summed E-state index contributed by atoms with van der Waals surface area (Å²) in [5.74, 6) is -0.822. The molecule has 4 amide bonds. The number of ether oxygens (including phenoxy) is 1. The number of hydrogen-bond donors (Lipinski definition) is 4. The molecule has 13 heteroatoms. The van der Waals surface area contributed by atoms with E-state index in [4.69, 9.17) is 4.74 Å². The Bertz CT molecular complexity index is 1110. The number of rotatable bonds is 11. The molecule has 13 nitrogen and oxygen atoms in total. The van der Waals surface area contributed by atoms with E-state index in [1.165, 1.54) is 16.8 Å². The molecule has 0 radical (unpaired) electrons. The number of hydrogen-bond acceptors (Lipinski definition) is 7. The first-order valence-corrected chi connectivity index (χ1v) is 12.0. The highest BCUT2D eigenvalue weighted by atomic mass is 16.6. The van der Waals surface area contributed by atoms with Gasteiger partial charge in [0, 0.05) is 46.0 Å². The van der Waals surface area contributed by atoms with E-state index in [1.807, 2.05) is 19.0 Å². The third-order valence-corrected chi connectivity index (χ3v) is 4.95. The van der Waals surface area contributed by atoms with Gasteiger partial charge in [-0.2, -0.15) is 0 Å². The average Bonchev–Trinajstić information content (AvgIpc) is 3.31. The summed E-state index contributed by atoms with van der Waals surface area (Å²) in [6.07, 6.45) is 3.44. The second-order valence-corrected chi connectivity index (χ2v) is 9.88. The van der Waals surface area contributed by atoms with E-state index in [-0.39, 0.29) is 36.2 Å². The Kier molecular flexibility index (Phi) is 10.2. The van der Waals surface area contributed by atoms with Gasteiger partial charge in [0.25, 0.3) is 11.8 Å². The molecular weight excluding hydrogens is 480 g/mol. The standard InChI is InChI=1S/C24H38N8O5/c1-24(2,3)37-23(36)27-16-13-17(31(6)14-16)21(34)29-18-15-32(7)20(28-18)22(35)26-11-9-19(33)25-10-8-12-30(4)5/h13-15H,8-12H2,1-7H3,(H,25,33)(H,26,35)(H,27,36)(H,29,34). The van der Waals surface area contributed by atoms with Gasteiger partial charge in [-0.3, -0.25) is 19.7 Å². The van der Waals surface area contributed by atoms with Crippen LogP contribution in [0.3, 0.4) is 0 Å². The minimum absolute atomic E-state index is 0.0841. The fourth-order valence-corrected chi connectivity index (χ4v) is 3.28. The molecule has 4 N–H and O–H groups in total. The lowest BCUT2D eigenvalue weighted by atomic mass is 10.2. The number of nitrogens with one attached hydrogen (secondary N) is 4. The number of anilines is 2. The van der Waals surface area contributed by atoms with E-state index in [0.29, 0.717) is 12.2 Å². The molecule has 0 saturated carbocycles. The van der Waals surface area contributed by atoms with Gasteiger partial charge in [0.15, 0.2) is 5.82 Å². The van der Waals surface area contributed by atoms with Crippen molar-refractivity contribution in [2.24, 2.45) is 14.1 Å². The molecule has 0 bridgehead atoms. The monoisotopic (exact) mass is 518 g/mol. The maximum absolute atomic E-state index is 12.8. The van der Waals surface area contributed by atoms with Gasteiger partial charge < -0.3 is 34.7 Å². The van der Waals surface area contributed by atoms with Crippen LogP contribution in [0.4, 0.5) is 16.3 Å². The molecule has 0 spiro atoms. The number of carbonyl (C=O) groups is 4. The van der Waals surface area contributed by atoms with Crippen LogP contribution in [-0.2, 0) is 23.6 Å². The van der Waals surface area contributed by atoms with Crippen molar-refractivity contribution in [2.75, 3.05) is 44.4 Å². The van der Waals surface area contributed by atoms with Crippen LogP contribution in [0.2, 0.25) is 0 Å². The van der Waals surface area contributed by atoms with Crippen LogP contribution < -0.4 is 21.3 Å². The third kappa shape index (κ3) is 9.95. The van der Waals surface area contributed by atoms with Gasteiger partial charge in [0.1, 0.15) is 11.3 Å². The molecule has 2 heterocycles. The van der Waals surface area contributed by atoms with Crippen molar-refractivity contribution >= 4 is 35.3 Å². The van der Waals surface area contributed by atoms with E-state index in [0.717, 1.165) is 13.0 Å². The SMILES string of the molecule is CN(C)CCCNC(=O)CCNC(=O)c1nc(NC(=O)c2cc(NC(=O)OC(C)(C)C)cn2C)cn1C. The highest BCUT2D eigenvalue weighted by Gasteiger charge is 2.20. The van der Waals surface area contributed by atoms with Gasteiger partial charge in [0.05, 0.1) is 5.69 Å². The van der Waals surface area contributed by atoms with Crippen LogP contribution in [0.25, 0.3) is 0 Å². The second kappa shape index (κ2) is 12.9. The molecule has 37 heavy (non-hydrogen) atoms. The Balaban J connectivity index is 1.88. The summed E-state index contributed by atoms with van der Waals surface area (Å²) in [4.78, 5) is 55.4. The molecule has 0 unspecified atom stereocenters. The van der Waals surface area contributed by atoms with Gasteiger partial charge in [0.2, 0.25) is 11.7 Å². The van der Waals surface area contributed by atoms with Crippen molar-refractivity contribution in [3.63, 3.8) is 0 Å². The maximum Gasteiger partial charge on any atom is 0.412 e. The zero-order valence-electron chi connectivity index (χ0n) is 22.6. The zero-order valence-corrected chi connectivity index (χ0v) is 22.6. The summed E-state index contributed by atoms with van der Waals surface area (Å²) in [6.45, 7) is 6.87. The van der Waals surface area contributed by atoms with E-state index in [9.17, 15) is 19.2 Å². The van der Waals surface area contributed by atoms with Crippen molar-refractivity contribution in [3.05, 3.63) is 30.0 Å². The molecule has 2 aromatic rings. The third-order valence-electron chi connectivity index (χ3n) is 4.95. The largest absolute Gasteiger partial charge is 0.444 e. The minimum atomic E-state index is -0.653. The number of nitrogens with zero attached hydrogens (tertiary/aromatic N) is 4. The fourth-order valence-electron chi connectivity index (χ4n) is 3.28. The number of aromatic nitrogens is 3. The topological polar surface area (TPSA) is 152 Å². The lowest BCUT2D eigenvalue weighted by Gasteiger charge is -2.19. The molecule has 204 valence electrons. The summed E-state index contributed by atoms with van der Waals surface area (Å²) in [7, 11) is 7.22. The maximum atomic E-state index is 12.8. The molecule has 0 fully saturated rings. The Morgan fingerprint density at radius 3 is 2.32 bits per heavy atom.